The maximum Gasteiger partial charge on any atom is 0.407 e. The number of anilines is 1. The summed E-state index contributed by atoms with van der Waals surface area (Å²) in [4.78, 5) is 29.4. The molecule has 2 aliphatic heterocycles. The highest BCUT2D eigenvalue weighted by atomic mass is 16.5. The van der Waals surface area contributed by atoms with Crippen LogP contribution in [0.3, 0.4) is 0 Å². The van der Waals surface area contributed by atoms with E-state index in [2.05, 4.69) is 53.5 Å². The number of carbonyl (C=O) groups excluding carboxylic acids is 2. The summed E-state index contributed by atoms with van der Waals surface area (Å²) in [6.45, 7) is 9.45. The van der Waals surface area contributed by atoms with Gasteiger partial charge in [-0.1, -0.05) is 50.6 Å². The minimum Gasteiger partial charge on any atom is -0.450 e. The van der Waals surface area contributed by atoms with E-state index in [1.165, 1.54) is 37.9 Å². The van der Waals surface area contributed by atoms with E-state index in [9.17, 15) is 9.59 Å². The summed E-state index contributed by atoms with van der Waals surface area (Å²) < 4.78 is 5.31. The van der Waals surface area contributed by atoms with Crippen LogP contribution in [-0.4, -0.2) is 42.6 Å². The fourth-order valence-corrected chi connectivity index (χ4v) is 5.40. The van der Waals surface area contributed by atoms with E-state index >= 15 is 0 Å². The van der Waals surface area contributed by atoms with E-state index in [-0.39, 0.29) is 18.0 Å². The van der Waals surface area contributed by atoms with Crippen molar-refractivity contribution in [2.24, 2.45) is 0 Å². The molecule has 2 amide bonds. The van der Waals surface area contributed by atoms with Crippen LogP contribution in [0.2, 0.25) is 0 Å². The molecule has 0 saturated carbocycles. The molecule has 0 aromatic heterocycles. The van der Waals surface area contributed by atoms with Crippen molar-refractivity contribution in [1.82, 2.24) is 10.2 Å². The van der Waals surface area contributed by atoms with E-state index in [1.807, 2.05) is 17.9 Å². The molecule has 0 spiro atoms. The van der Waals surface area contributed by atoms with Crippen LogP contribution >= 0.6 is 0 Å². The fourth-order valence-electron chi connectivity index (χ4n) is 5.40. The second-order valence-corrected chi connectivity index (χ2v) is 9.83. The molecule has 0 bridgehead atoms. The van der Waals surface area contributed by atoms with Crippen molar-refractivity contribution in [3.63, 3.8) is 0 Å². The number of nitrogens with one attached hydrogen (secondary N) is 1. The lowest BCUT2D eigenvalue weighted by Crippen LogP contribution is -2.46. The molecule has 6 nitrogen and oxygen atoms in total. The van der Waals surface area contributed by atoms with Crippen molar-refractivity contribution < 1.29 is 14.3 Å². The first-order valence-electron chi connectivity index (χ1n) is 13.2. The molecule has 2 atom stereocenters. The topological polar surface area (TPSA) is 61.9 Å². The zero-order chi connectivity index (χ0) is 24.8. The first-order valence-corrected chi connectivity index (χ1v) is 13.2. The molecule has 1 fully saturated rings. The van der Waals surface area contributed by atoms with Crippen molar-refractivity contribution in [1.29, 1.82) is 0 Å². The highest BCUT2D eigenvalue weighted by Crippen LogP contribution is 2.40. The number of amides is 2. The van der Waals surface area contributed by atoms with Crippen LogP contribution in [0, 0.1) is 0 Å². The quantitative estimate of drug-likeness (QED) is 0.527. The summed E-state index contributed by atoms with van der Waals surface area (Å²) in [5.41, 5.74) is 5.39. The molecule has 2 heterocycles. The van der Waals surface area contributed by atoms with Gasteiger partial charge in [0.25, 0.3) is 0 Å². The van der Waals surface area contributed by atoms with Gasteiger partial charge in [-0.05, 0) is 79.6 Å². The van der Waals surface area contributed by atoms with Crippen LogP contribution in [0.25, 0.3) is 11.1 Å². The molecule has 4 rings (SSSR count). The van der Waals surface area contributed by atoms with Crippen LogP contribution in [0.15, 0.2) is 42.5 Å². The molecule has 6 heteroatoms. The maximum absolute atomic E-state index is 12.6. The minimum atomic E-state index is -0.401. The van der Waals surface area contributed by atoms with Crippen molar-refractivity contribution in [3.8, 4) is 11.1 Å². The van der Waals surface area contributed by atoms with Crippen LogP contribution in [0.4, 0.5) is 10.5 Å². The van der Waals surface area contributed by atoms with Crippen molar-refractivity contribution in [2.45, 2.75) is 77.9 Å². The zero-order valence-electron chi connectivity index (χ0n) is 21.4. The summed E-state index contributed by atoms with van der Waals surface area (Å²) in [7, 11) is 0. The second kappa shape index (κ2) is 11.7. The smallest absolute Gasteiger partial charge is 0.407 e. The number of rotatable bonds is 7. The number of likely N-dealkylation sites (tertiary alicyclic amines) is 1. The first-order chi connectivity index (χ1) is 17.0. The van der Waals surface area contributed by atoms with Crippen LogP contribution in [-0.2, 0) is 16.1 Å². The lowest BCUT2D eigenvalue weighted by Gasteiger charge is -2.40. The molecule has 0 radical (unpaired) electrons. The third-order valence-corrected chi connectivity index (χ3v) is 7.22. The SMILES string of the molecule is CCCOC(=O)NC1C[C@@H](CC)N(C(C)=O)c2ccc(-c3ccc(CN4CCCCC4)cc3)cc21. The third-order valence-electron chi connectivity index (χ3n) is 7.22. The van der Waals surface area contributed by atoms with Gasteiger partial charge in [-0.3, -0.25) is 9.69 Å². The number of ether oxygens (including phenoxy) is 1. The van der Waals surface area contributed by atoms with E-state index in [0.717, 1.165) is 41.8 Å². The summed E-state index contributed by atoms with van der Waals surface area (Å²) >= 11 is 0. The van der Waals surface area contributed by atoms with Gasteiger partial charge < -0.3 is 15.0 Å². The maximum atomic E-state index is 12.6. The number of hydrogen-bond acceptors (Lipinski definition) is 4. The van der Waals surface area contributed by atoms with Crippen LogP contribution < -0.4 is 10.2 Å². The molecular weight excluding hydrogens is 438 g/mol. The van der Waals surface area contributed by atoms with Gasteiger partial charge in [0.2, 0.25) is 5.91 Å². The van der Waals surface area contributed by atoms with Crippen LogP contribution in [0.1, 0.15) is 76.5 Å². The number of carbonyl (C=O) groups is 2. The Kier molecular flexibility index (Phi) is 8.45. The van der Waals surface area contributed by atoms with E-state index < -0.39 is 6.09 Å². The van der Waals surface area contributed by atoms with Crippen molar-refractivity contribution in [3.05, 3.63) is 53.6 Å². The third kappa shape index (κ3) is 6.04. The Hall–Kier alpha value is -2.86. The Balaban J connectivity index is 1.60. The average Bonchev–Trinajstić information content (AvgIpc) is 2.87. The molecule has 1 N–H and O–H groups in total. The molecule has 1 unspecified atom stereocenters. The van der Waals surface area contributed by atoms with E-state index in [1.54, 1.807) is 6.92 Å². The van der Waals surface area contributed by atoms with E-state index in [0.29, 0.717) is 13.0 Å². The Morgan fingerprint density at radius 1 is 1.00 bits per heavy atom. The van der Waals surface area contributed by atoms with Crippen LogP contribution in [0.5, 0.6) is 0 Å². The minimum absolute atomic E-state index is 0.0277. The first kappa shape index (κ1) is 25.2. The molecule has 2 aromatic rings. The highest BCUT2D eigenvalue weighted by molar-refractivity contribution is 5.94. The second-order valence-electron chi connectivity index (χ2n) is 9.83. The lowest BCUT2D eigenvalue weighted by molar-refractivity contribution is -0.117. The summed E-state index contributed by atoms with van der Waals surface area (Å²) in [6.07, 6.45) is 5.81. The van der Waals surface area contributed by atoms with Gasteiger partial charge in [-0.15, -0.1) is 0 Å². The number of hydrogen-bond donors (Lipinski definition) is 1. The summed E-state index contributed by atoms with van der Waals surface area (Å²) in [6, 6.07) is 14.9. The van der Waals surface area contributed by atoms with Gasteiger partial charge in [0.05, 0.1) is 12.6 Å². The predicted molar refractivity (Wildman–Crippen MR) is 140 cm³/mol. The van der Waals surface area contributed by atoms with Gasteiger partial charge in [0.1, 0.15) is 0 Å². The normalized spacial score (nSPS) is 20.3. The van der Waals surface area contributed by atoms with Crippen molar-refractivity contribution in [2.75, 3.05) is 24.6 Å². The number of nitrogens with zero attached hydrogens (tertiary/aromatic N) is 2. The van der Waals surface area contributed by atoms with Crippen molar-refractivity contribution >= 4 is 17.7 Å². The largest absolute Gasteiger partial charge is 0.450 e. The van der Waals surface area contributed by atoms with Gasteiger partial charge >= 0.3 is 6.09 Å². The number of fused-ring (bicyclic) bond motifs is 1. The standard InChI is InChI=1S/C29H39N3O3/c1-4-17-35-29(34)30-27-19-25(5-2)32(21(3)33)28-14-13-24(18-26(27)28)23-11-9-22(10-12-23)20-31-15-7-6-8-16-31/h9-14,18,25,27H,4-8,15-17,19-20H2,1-3H3,(H,30,34)/t25-,27?/m1/s1. The highest BCUT2D eigenvalue weighted by Gasteiger charge is 2.35. The lowest BCUT2D eigenvalue weighted by atomic mass is 9.87. The number of benzene rings is 2. The molecular formula is C29H39N3O3. The Bertz CT molecular complexity index is 1010. The van der Waals surface area contributed by atoms with Gasteiger partial charge in [0.15, 0.2) is 0 Å². The fraction of sp³-hybridized carbons (Fsp3) is 0.517. The Morgan fingerprint density at radius 3 is 2.37 bits per heavy atom. The number of alkyl carbamates (subject to hydrolysis) is 1. The Labute approximate surface area is 209 Å². The molecule has 2 aliphatic rings. The summed E-state index contributed by atoms with van der Waals surface area (Å²) in [5, 5.41) is 3.06. The predicted octanol–water partition coefficient (Wildman–Crippen LogP) is 6.05. The monoisotopic (exact) mass is 477 g/mol. The van der Waals surface area contributed by atoms with Gasteiger partial charge in [0, 0.05) is 25.2 Å². The van der Waals surface area contributed by atoms with E-state index in [4.69, 9.17) is 4.74 Å². The molecule has 0 aliphatic carbocycles. The summed E-state index contributed by atoms with van der Waals surface area (Å²) in [5.74, 6) is 0.0277. The molecule has 1 saturated heterocycles. The van der Waals surface area contributed by atoms with Gasteiger partial charge in [-0.25, -0.2) is 4.79 Å². The average molecular weight is 478 g/mol. The molecule has 188 valence electrons. The van der Waals surface area contributed by atoms with Gasteiger partial charge in [-0.2, -0.15) is 0 Å². The molecule has 35 heavy (non-hydrogen) atoms. The number of piperidine rings is 1. The molecule has 2 aromatic carbocycles. The Morgan fingerprint density at radius 2 is 1.71 bits per heavy atom. The zero-order valence-corrected chi connectivity index (χ0v) is 21.4.